The number of hydrogen-bond donors (Lipinski definition) is 0. The van der Waals surface area contributed by atoms with Gasteiger partial charge in [0.05, 0.1) is 18.7 Å². The zero-order valence-electron chi connectivity index (χ0n) is 10.2. The molecule has 0 radical (unpaired) electrons. The van der Waals surface area contributed by atoms with Crippen LogP contribution in [0.1, 0.15) is 18.4 Å². The Kier molecular flexibility index (Phi) is 5.15. The van der Waals surface area contributed by atoms with Crippen LogP contribution in [0.2, 0.25) is 5.02 Å². The van der Waals surface area contributed by atoms with Crippen molar-refractivity contribution in [3.8, 4) is 11.5 Å². The van der Waals surface area contributed by atoms with Crippen molar-refractivity contribution in [3.05, 3.63) is 22.7 Å². The lowest BCUT2D eigenvalue weighted by molar-refractivity contribution is 0.00871. The molecule has 0 unspecified atom stereocenters. The van der Waals surface area contributed by atoms with Gasteiger partial charge in [-0.25, -0.2) is 0 Å². The minimum Gasteiger partial charge on any atom is -0.493 e. The molecule has 18 heavy (non-hydrogen) atoms. The number of hydrogen-bond acceptors (Lipinski definition) is 3. The van der Waals surface area contributed by atoms with Crippen LogP contribution in [0.15, 0.2) is 12.1 Å². The second-order valence-corrected chi connectivity index (χ2v) is 5.29. The summed E-state index contributed by atoms with van der Waals surface area (Å²) in [7, 11) is 1.60. The maximum Gasteiger partial charge on any atom is 0.189 e. The van der Waals surface area contributed by atoms with Gasteiger partial charge in [-0.3, -0.25) is 0 Å². The van der Waals surface area contributed by atoms with E-state index in [1.807, 2.05) is 12.1 Å². The molecule has 3 nitrogen and oxygen atoms in total. The molecule has 1 fully saturated rings. The van der Waals surface area contributed by atoms with Crippen molar-refractivity contribution in [1.29, 1.82) is 0 Å². The summed E-state index contributed by atoms with van der Waals surface area (Å²) in [5.41, 5.74) is 1.04. The average molecular weight is 336 g/mol. The summed E-state index contributed by atoms with van der Waals surface area (Å²) in [5.74, 6) is 1.90. The molecule has 0 aliphatic heterocycles. The van der Waals surface area contributed by atoms with Crippen LogP contribution in [-0.2, 0) is 10.1 Å². The van der Waals surface area contributed by atoms with Crippen LogP contribution in [0.5, 0.6) is 11.5 Å². The molecule has 2 rings (SSSR count). The molecule has 0 atom stereocenters. The van der Waals surface area contributed by atoms with Crippen molar-refractivity contribution in [2.45, 2.75) is 18.2 Å². The molecule has 1 aliphatic rings. The fourth-order valence-electron chi connectivity index (χ4n) is 1.59. The molecule has 1 aliphatic carbocycles. The smallest absolute Gasteiger partial charge is 0.189 e. The van der Waals surface area contributed by atoms with Crippen LogP contribution in [0, 0.1) is 5.92 Å². The highest BCUT2D eigenvalue weighted by Gasteiger charge is 2.21. The van der Waals surface area contributed by atoms with Gasteiger partial charge in [0.1, 0.15) is 0 Å². The van der Waals surface area contributed by atoms with E-state index >= 15 is 0 Å². The van der Waals surface area contributed by atoms with Crippen LogP contribution >= 0.6 is 27.5 Å². The average Bonchev–Trinajstić information content (AvgIpc) is 3.19. The van der Waals surface area contributed by atoms with Gasteiger partial charge in [-0.2, -0.15) is 0 Å². The quantitative estimate of drug-likeness (QED) is 0.428. The molecule has 0 bridgehead atoms. The first-order chi connectivity index (χ1) is 8.74. The van der Waals surface area contributed by atoms with Crippen molar-refractivity contribution in [2.24, 2.45) is 5.92 Å². The Balaban J connectivity index is 1.96. The van der Waals surface area contributed by atoms with E-state index in [1.54, 1.807) is 7.11 Å². The Morgan fingerprint density at radius 2 is 2.17 bits per heavy atom. The molecular formula is C13H16BrClO3. The van der Waals surface area contributed by atoms with Crippen LogP contribution in [0.25, 0.3) is 0 Å². The Bertz CT molecular complexity index is 407. The van der Waals surface area contributed by atoms with E-state index in [4.69, 9.17) is 25.8 Å². The Hall–Kier alpha value is -0.450. The predicted octanol–water partition coefficient (Wildman–Crippen LogP) is 4.01. The number of benzene rings is 1. The Morgan fingerprint density at radius 1 is 1.39 bits per heavy atom. The summed E-state index contributed by atoms with van der Waals surface area (Å²) in [6, 6.07) is 3.76. The summed E-state index contributed by atoms with van der Waals surface area (Å²) >= 11 is 9.55. The summed E-state index contributed by atoms with van der Waals surface area (Å²) in [4.78, 5) is 0. The van der Waals surface area contributed by atoms with Crippen LogP contribution < -0.4 is 9.47 Å². The van der Waals surface area contributed by atoms with Gasteiger partial charge in [0.25, 0.3) is 0 Å². The predicted molar refractivity (Wildman–Crippen MR) is 74.8 cm³/mol. The largest absolute Gasteiger partial charge is 0.493 e. The summed E-state index contributed by atoms with van der Waals surface area (Å²) in [5, 5.41) is 1.26. The SMILES string of the molecule is COc1cc(CBr)cc(Cl)c1OCOCC1CC1. The third kappa shape index (κ3) is 3.77. The first kappa shape index (κ1) is 14.0. The topological polar surface area (TPSA) is 27.7 Å². The van der Waals surface area contributed by atoms with E-state index in [9.17, 15) is 0 Å². The van der Waals surface area contributed by atoms with Crippen LogP contribution in [-0.4, -0.2) is 20.5 Å². The first-order valence-corrected chi connectivity index (χ1v) is 7.37. The van der Waals surface area contributed by atoms with Crippen molar-refractivity contribution >= 4 is 27.5 Å². The van der Waals surface area contributed by atoms with Crippen LogP contribution in [0.4, 0.5) is 0 Å². The highest BCUT2D eigenvalue weighted by molar-refractivity contribution is 9.08. The number of halogens is 2. The van der Waals surface area contributed by atoms with E-state index in [2.05, 4.69) is 15.9 Å². The maximum absolute atomic E-state index is 6.16. The van der Waals surface area contributed by atoms with E-state index in [0.29, 0.717) is 16.5 Å². The highest BCUT2D eigenvalue weighted by atomic mass is 79.9. The first-order valence-electron chi connectivity index (χ1n) is 5.87. The number of methoxy groups -OCH3 is 1. The van der Waals surface area contributed by atoms with E-state index in [1.165, 1.54) is 12.8 Å². The number of rotatable bonds is 7. The normalized spacial score (nSPS) is 14.6. The van der Waals surface area contributed by atoms with E-state index in [0.717, 1.165) is 23.4 Å². The molecule has 100 valence electrons. The lowest BCUT2D eigenvalue weighted by Crippen LogP contribution is -2.06. The summed E-state index contributed by atoms with van der Waals surface area (Å²) in [6.45, 7) is 0.972. The van der Waals surface area contributed by atoms with E-state index in [-0.39, 0.29) is 6.79 Å². The molecule has 1 saturated carbocycles. The highest BCUT2D eigenvalue weighted by Crippen LogP contribution is 2.37. The zero-order valence-corrected chi connectivity index (χ0v) is 12.6. The van der Waals surface area contributed by atoms with Gasteiger partial charge in [-0.1, -0.05) is 27.5 Å². The molecule has 0 heterocycles. The molecular weight excluding hydrogens is 319 g/mol. The molecule has 0 amide bonds. The molecule has 1 aromatic carbocycles. The Morgan fingerprint density at radius 3 is 2.78 bits per heavy atom. The minimum absolute atomic E-state index is 0.209. The van der Waals surface area contributed by atoms with Crippen molar-refractivity contribution in [2.75, 3.05) is 20.5 Å². The second kappa shape index (κ2) is 6.64. The van der Waals surface area contributed by atoms with Crippen molar-refractivity contribution in [3.63, 3.8) is 0 Å². The molecule has 0 N–H and O–H groups in total. The zero-order chi connectivity index (χ0) is 13.0. The Labute approximate surface area is 120 Å². The minimum atomic E-state index is 0.209. The molecule has 5 heteroatoms. The van der Waals surface area contributed by atoms with Crippen molar-refractivity contribution in [1.82, 2.24) is 0 Å². The molecule has 1 aromatic rings. The van der Waals surface area contributed by atoms with Crippen molar-refractivity contribution < 1.29 is 14.2 Å². The third-order valence-electron chi connectivity index (χ3n) is 2.78. The summed E-state index contributed by atoms with van der Waals surface area (Å²) < 4.78 is 16.2. The fraction of sp³-hybridized carbons (Fsp3) is 0.538. The lowest BCUT2D eigenvalue weighted by atomic mass is 10.2. The van der Waals surface area contributed by atoms with Gasteiger partial charge in [-0.05, 0) is 36.5 Å². The second-order valence-electron chi connectivity index (χ2n) is 4.32. The molecule has 0 aromatic heterocycles. The number of ether oxygens (including phenoxy) is 3. The van der Waals surface area contributed by atoms with Gasteiger partial charge < -0.3 is 14.2 Å². The van der Waals surface area contributed by atoms with Gasteiger partial charge in [0, 0.05) is 5.33 Å². The number of alkyl halides is 1. The molecule has 0 saturated heterocycles. The standard InChI is InChI=1S/C13H16BrClO3/c1-16-12-5-10(6-14)4-11(15)13(12)18-8-17-7-9-2-3-9/h4-5,9H,2-3,6-8H2,1H3. The van der Waals surface area contributed by atoms with Crippen LogP contribution in [0.3, 0.4) is 0 Å². The third-order valence-corrected chi connectivity index (χ3v) is 3.71. The molecule has 0 spiro atoms. The van der Waals surface area contributed by atoms with Gasteiger partial charge >= 0.3 is 0 Å². The van der Waals surface area contributed by atoms with Gasteiger partial charge in [-0.15, -0.1) is 0 Å². The van der Waals surface area contributed by atoms with E-state index < -0.39 is 0 Å². The summed E-state index contributed by atoms with van der Waals surface area (Å²) in [6.07, 6.45) is 2.54. The maximum atomic E-state index is 6.16. The fourth-order valence-corrected chi connectivity index (χ4v) is 2.20. The lowest BCUT2D eigenvalue weighted by Gasteiger charge is -2.13. The van der Waals surface area contributed by atoms with Gasteiger partial charge in [0.2, 0.25) is 0 Å². The van der Waals surface area contributed by atoms with Gasteiger partial charge in [0.15, 0.2) is 18.3 Å². The monoisotopic (exact) mass is 334 g/mol.